The van der Waals surface area contributed by atoms with Gasteiger partial charge >= 0.3 is 0 Å². The molecule has 1 aromatic heterocycles. The molecule has 5 heteroatoms. The van der Waals surface area contributed by atoms with Crippen LogP contribution < -0.4 is 5.73 Å². The first-order chi connectivity index (χ1) is 7.59. The zero-order valence-corrected chi connectivity index (χ0v) is 9.88. The summed E-state index contributed by atoms with van der Waals surface area (Å²) in [6.07, 6.45) is 0. The van der Waals surface area contributed by atoms with E-state index in [1.54, 1.807) is 6.07 Å². The Hall–Kier alpha value is -1.33. The van der Waals surface area contributed by atoms with E-state index in [0.29, 0.717) is 0 Å². The minimum Gasteiger partial charge on any atom is -0.319 e. The van der Waals surface area contributed by atoms with Crippen LogP contribution in [-0.2, 0) is 0 Å². The first-order valence-corrected chi connectivity index (χ1v) is 5.67. The Labute approximate surface area is 97.3 Å². The van der Waals surface area contributed by atoms with E-state index in [1.165, 1.54) is 23.7 Å². The van der Waals surface area contributed by atoms with Crippen LogP contribution in [0, 0.1) is 19.7 Å². The normalized spacial score (nSPS) is 12.8. The van der Waals surface area contributed by atoms with E-state index in [0.717, 1.165) is 21.7 Å². The molecule has 1 aromatic carbocycles. The van der Waals surface area contributed by atoms with E-state index in [2.05, 4.69) is 9.59 Å². The van der Waals surface area contributed by atoms with Gasteiger partial charge < -0.3 is 5.73 Å². The fourth-order valence-electron chi connectivity index (χ4n) is 1.65. The molecule has 0 fully saturated rings. The second-order valence-corrected chi connectivity index (χ2v) is 4.49. The van der Waals surface area contributed by atoms with E-state index in [4.69, 9.17) is 5.73 Å². The molecule has 0 radical (unpaired) electrons. The molecule has 2 aromatic rings. The summed E-state index contributed by atoms with van der Waals surface area (Å²) in [7, 11) is 0. The zero-order valence-electron chi connectivity index (χ0n) is 9.07. The van der Waals surface area contributed by atoms with Crippen molar-refractivity contribution >= 4 is 11.5 Å². The Bertz CT molecular complexity index is 510. The second kappa shape index (κ2) is 4.27. The fourth-order valence-corrected chi connectivity index (χ4v) is 2.32. The van der Waals surface area contributed by atoms with Crippen LogP contribution in [0.3, 0.4) is 0 Å². The molecule has 0 spiro atoms. The summed E-state index contributed by atoms with van der Waals surface area (Å²) in [5.74, 6) is -0.243. The Balaban J connectivity index is 2.41. The Kier molecular flexibility index (Phi) is 2.98. The third-order valence-corrected chi connectivity index (χ3v) is 3.45. The van der Waals surface area contributed by atoms with Crippen LogP contribution in [0.25, 0.3) is 0 Å². The van der Waals surface area contributed by atoms with Crippen molar-refractivity contribution in [1.82, 2.24) is 9.59 Å². The fraction of sp³-hybridized carbons (Fsp3) is 0.273. The number of hydrogen-bond donors (Lipinski definition) is 1. The molecule has 2 N–H and O–H groups in total. The lowest BCUT2D eigenvalue weighted by Crippen LogP contribution is -2.13. The lowest BCUT2D eigenvalue weighted by Gasteiger charge is -2.13. The molecule has 0 aliphatic carbocycles. The van der Waals surface area contributed by atoms with Gasteiger partial charge in [0, 0.05) is 0 Å². The third-order valence-electron chi connectivity index (χ3n) is 2.54. The SMILES string of the molecule is Cc1cc(F)ccc1C(N)c1snnc1C. The van der Waals surface area contributed by atoms with Crippen LogP contribution in [-0.4, -0.2) is 9.59 Å². The molecule has 16 heavy (non-hydrogen) atoms. The molecule has 1 heterocycles. The van der Waals surface area contributed by atoms with Crippen LogP contribution in [0.1, 0.15) is 27.7 Å². The predicted octanol–water partition coefficient (Wildman–Crippen LogP) is 2.34. The first-order valence-electron chi connectivity index (χ1n) is 4.90. The molecule has 1 atom stereocenters. The molecule has 0 amide bonds. The maximum absolute atomic E-state index is 13.0. The van der Waals surface area contributed by atoms with Crippen LogP contribution in [0.2, 0.25) is 0 Å². The summed E-state index contributed by atoms with van der Waals surface area (Å²) < 4.78 is 16.8. The molecule has 84 valence electrons. The highest BCUT2D eigenvalue weighted by Crippen LogP contribution is 2.26. The van der Waals surface area contributed by atoms with Gasteiger partial charge in [-0.15, -0.1) is 5.10 Å². The lowest BCUT2D eigenvalue weighted by molar-refractivity contribution is 0.625. The highest BCUT2D eigenvalue weighted by molar-refractivity contribution is 7.05. The molecular formula is C11H12FN3S. The van der Waals surface area contributed by atoms with Gasteiger partial charge in [-0.25, -0.2) is 4.39 Å². The molecular weight excluding hydrogens is 225 g/mol. The van der Waals surface area contributed by atoms with Crippen molar-refractivity contribution in [2.24, 2.45) is 5.73 Å². The monoisotopic (exact) mass is 237 g/mol. The van der Waals surface area contributed by atoms with Crippen LogP contribution in [0.15, 0.2) is 18.2 Å². The standard InChI is InChI=1S/C11H12FN3S/c1-6-5-8(12)3-4-9(6)10(13)11-7(2)14-15-16-11/h3-5,10H,13H2,1-2H3. The van der Waals surface area contributed by atoms with Crippen molar-refractivity contribution in [3.8, 4) is 0 Å². The summed E-state index contributed by atoms with van der Waals surface area (Å²) in [5, 5.41) is 3.92. The van der Waals surface area contributed by atoms with Gasteiger partial charge in [0.15, 0.2) is 0 Å². The second-order valence-electron chi connectivity index (χ2n) is 3.70. The number of aryl methyl sites for hydroxylation is 2. The van der Waals surface area contributed by atoms with Gasteiger partial charge in [0.1, 0.15) is 5.82 Å². The van der Waals surface area contributed by atoms with Crippen LogP contribution >= 0.6 is 11.5 Å². The largest absolute Gasteiger partial charge is 0.319 e. The summed E-state index contributed by atoms with van der Waals surface area (Å²) in [4.78, 5) is 0.926. The number of rotatable bonds is 2. The van der Waals surface area contributed by atoms with E-state index < -0.39 is 0 Å². The van der Waals surface area contributed by atoms with Crippen molar-refractivity contribution in [3.05, 3.63) is 45.7 Å². The maximum atomic E-state index is 13.0. The molecule has 0 saturated heterocycles. The van der Waals surface area contributed by atoms with E-state index >= 15 is 0 Å². The quantitative estimate of drug-likeness (QED) is 0.872. The Morgan fingerprint density at radius 2 is 2.12 bits per heavy atom. The number of benzene rings is 1. The van der Waals surface area contributed by atoms with Gasteiger partial charge in [-0.2, -0.15) is 0 Å². The number of nitrogens with zero attached hydrogens (tertiary/aromatic N) is 2. The van der Waals surface area contributed by atoms with Gasteiger partial charge in [-0.1, -0.05) is 10.6 Å². The van der Waals surface area contributed by atoms with E-state index in [1.807, 2.05) is 13.8 Å². The highest BCUT2D eigenvalue weighted by Gasteiger charge is 2.16. The Morgan fingerprint density at radius 3 is 2.69 bits per heavy atom. The van der Waals surface area contributed by atoms with Gasteiger partial charge in [0.05, 0.1) is 16.6 Å². The minimum absolute atomic E-state index is 0.243. The number of hydrogen-bond acceptors (Lipinski definition) is 4. The van der Waals surface area contributed by atoms with Crippen molar-refractivity contribution < 1.29 is 4.39 Å². The molecule has 0 bridgehead atoms. The van der Waals surface area contributed by atoms with Gasteiger partial charge in [-0.05, 0) is 48.6 Å². The molecule has 0 aliphatic heterocycles. The van der Waals surface area contributed by atoms with Gasteiger partial charge in [0.2, 0.25) is 0 Å². The number of aromatic nitrogens is 2. The van der Waals surface area contributed by atoms with Gasteiger partial charge in [-0.3, -0.25) is 0 Å². The van der Waals surface area contributed by atoms with Crippen molar-refractivity contribution in [2.45, 2.75) is 19.9 Å². The summed E-state index contributed by atoms with van der Waals surface area (Å²) in [6, 6.07) is 4.35. The topological polar surface area (TPSA) is 51.8 Å². The van der Waals surface area contributed by atoms with E-state index in [-0.39, 0.29) is 11.9 Å². The Morgan fingerprint density at radius 1 is 1.38 bits per heavy atom. The minimum atomic E-state index is -0.277. The van der Waals surface area contributed by atoms with Crippen LogP contribution in [0.5, 0.6) is 0 Å². The molecule has 3 nitrogen and oxygen atoms in total. The third kappa shape index (κ3) is 1.96. The maximum Gasteiger partial charge on any atom is 0.123 e. The first kappa shape index (κ1) is 11.2. The summed E-state index contributed by atoms with van der Waals surface area (Å²) in [5.41, 5.74) is 8.71. The molecule has 0 saturated carbocycles. The van der Waals surface area contributed by atoms with Crippen LogP contribution in [0.4, 0.5) is 4.39 Å². The van der Waals surface area contributed by atoms with E-state index in [9.17, 15) is 4.39 Å². The predicted molar refractivity (Wildman–Crippen MR) is 61.8 cm³/mol. The summed E-state index contributed by atoms with van der Waals surface area (Å²) in [6.45, 7) is 3.72. The lowest BCUT2D eigenvalue weighted by atomic mass is 10.00. The van der Waals surface area contributed by atoms with Crippen molar-refractivity contribution in [1.29, 1.82) is 0 Å². The average molecular weight is 237 g/mol. The molecule has 1 unspecified atom stereocenters. The number of halogens is 1. The molecule has 2 rings (SSSR count). The van der Waals surface area contributed by atoms with Crippen molar-refractivity contribution in [3.63, 3.8) is 0 Å². The smallest absolute Gasteiger partial charge is 0.123 e. The van der Waals surface area contributed by atoms with Gasteiger partial charge in [0.25, 0.3) is 0 Å². The highest BCUT2D eigenvalue weighted by atomic mass is 32.1. The van der Waals surface area contributed by atoms with Crippen molar-refractivity contribution in [2.75, 3.05) is 0 Å². The zero-order chi connectivity index (χ0) is 11.7. The summed E-state index contributed by atoms with van der Waals surface area (Å²) >= 11 is 1.29. The number of nitrogens with two attached hydrogens (primary N) is 1. The average Bonchev–Trinajstić information content (AvgIpc) is 2.63. The molecule has 0 aliphatic rings.